The molecule has 0 aliphatic heterocycles. The fourth-order valence-electron chi connectivity index (χ4n) is 2.57. The molecular formula is C13H22ClN3OS. The lowest BCUT2D eigenvalue weighted by Crippen LogP contribution is -2.45. The highest BCUT2D eigenvalue weighted by Crippen LogP contribution is 2.37. The molecular weight excluding hydrogens is 282 g/mol. The summed E-state index contributed by atoms with van der Waals surface area (Å²) >= 11 is 1.63. The maximum Gasteiger partial charge on any atom is 0.227 e. The molecule has 1 fully saturated rings. The summed E-state index contributed by atoms with van der Waals surface area (Å²) in [6.07, 6.45) is 5.90. The Morgan fingerprint density at radius 2 is 2.26 bits per heavy atom. The molecule has 1 heterocycles. The van der Waals surface area contributed by atoms with Gasteiger partial charge < -0.3 is 11.1 Å². The van der Waals surface area contributed by atoms with Crippen molar-refractivity contribution in [1.82, 2.24) is 10.3 Å². The molecule has 0 spiro atoms. The Hall–Kier alpha value is -0.650. The van der Waals surface area contributed by atoms with Crippen LogP contribution >= 0.6 is 23.7 Å². The van der Waals surface area contributed by atoms with E-state index in [0.717, 1.165) is 30.7 Å². The molecule has 0 bridgehead atoms. The fraction of sp³-hybridized carbons (Fsp3) is 0.692. The van der Waals surface area contributed by atoms with Crippen molar-refractivity contribution in [2.45, 2.75) is 38.5 Å². The molecule has 1 aliphatic carbocycles. The average molecular weight is 304 g/mol. The highest BCUT2D eigenvalue weighted by atomic mass is 35.5. The fourth-order valence-corrected chi connectivity index (χ4v) is 3.27. The molecule has 1 aliphatic rings. The molecule has 2 rings (SSSR count). The van der Waals surface area contributed by atoms with Crippen LogP contribution in [0.1, 0.15) is 43.5 Å². The van der Waals surface area contributed by atoms with E-state index in [9.17, 15) is 4.79 Å². The number of carbonyl (C=O) groups excluding carboxylic acids is 1. The van der Waals surface area contributed by atoms with Crippen LogP contribution in [0.2, 0.25) is 0 Å². The summed E-state index contributed by atoms with van der Waals surface area (Å²) in [5.74, 6) is 0.399. The van der Waals surface area contributed by atoms with Gasteiger partial charge in [-0.25, -0.2) is 4.98 Å². The minimum Gasteiger partial charge on any atom is -0.355 e. The number of aromatic nitrogens is 1. The van der Waals surface area contributed by atoms with Crippen LogP contribution in [0.3, 0.4) is 0 Å². The van der Waals surface area contributed by atoms with E-state index in [1.807, 2.05) is 5.38 Å². The van der Waals surface area contributed by atoms with Crippen LogP contribution < -0.4 is 11.1 Å². The van der Waals surface area contributed by atoms with Crippen LogP contribution in [0.15, 0.2) is 11.6 Å². The van der Waals surface area contributed by atoms with Gasteiger partial charge in [-0.1, -0.05) is 19.8 Å². The minimum absolute atomic E-state index is 0. The summed E-state index contributed by atoms with van der Waals surface area (Å²) in [6, 6.07) is 0. The van der Waals surface area contributed by atoms with Crippen LogP contribution in [-0.4, -0.2) is 24.0 Å². The number of nitrogens with two attached hydrogens (primary N) is 1. The van der Waals surface area contributed by atoms with Crippen LogP contribution in [0.4, 0.5) is 0 Å². The van der Waals surface area contributed by atoms with E-state index in [1.165, 1.54) is 0 Å². The molecule has 3 N–H and O–H groups in total. The number of nitrogens with one attached hydrogen (secondary N) is 1. The zero-order valence-corrected chi connectivity index (χ0v) is 12.9. The second-order valence-electron chi connectivity index (χ2n) is 5.17. The largest absolute Gasteiger partial charge is 0.355 e. The van der Waals surface area contributed by atoms with Gasteiger partial charge in [-0.15, -0.1) is 23.7 Å². The third-order valence-corrected chi connectivity index (χ3v) is 4.88. The lowest BCUT2D eigenvalue weighted by Gasteiger charge is -2.26. The van der Waals surface area contributed by atoms with Crippen molar-refractivity contribution in [3.63, 3.8) is 0 Å². The van der Waals surface area contributed by atoms with Gasteiger partial charge in [-0.2, -0.15) is 0 Å². The molecule has 108 valence electrons. The average Bonchev–Trinajstić information content (AvgIpc) is 3.06. The first-order valence-electron chi connectivity index (χ1n) is 6.56. The third-order valence-electron chi connectivity index (χ3n) is 3.87. The molecule has 4 nitrogen and oxygen atoms in total. The number of hydrogen-bond acceptors (Lipinski definition) is 4. The summed E-state index contributed by atoms with van der Waals surface area (Å²) < 4.78 is 0. The highest BCUT2D eigenvalue weighted by molar-refractivity contribution is 7.09. The number of halogens is 1. The molecule has 0 radical (unpaired) electrons. The number of nitrogens with zero attached hydrogens (tertiary/aromatic N) is 1. The molecule has 1 atom stereocenters. The Kier molecular flexibility index (Phi) is 6.23. The summed E-state index contributed by atoms with van der Waals surface area (Å²) in [5, 5.41) is 6.09. The lowest BCUT2D eigenvalue weighted by molar-refractivity contribution is -0.130. The maximum atomic E-state index is 12.3. The first-order valence-corrected chi connectivity index (χ1v) is 7.44. The van der Waals surface area contributed by atoms with Crippen molar-refractivity contribution in [1.29, 1.82) is 0 Å². The Morgan fingerprint density at radius 3 is 2.79 bits per heavy atom. The van der Waals surface area contributed by atoms with Crippen LogP contribution in [0.5, 0.6) is 0 Å². The SMILES string of the molecule is CC(CNC(=O)C1(CN)CCCC1)c1nccs1.Cl. The van der Waals surface area contributed by atoms with Crippen molar-refractivity contribution in [3.05, 3.63) is 16.6 Å². The molecule has 1 aromatic heterocycles. The molecule has 6 heteroatoms. The van der Waals surface area contributed by atoms with Gasteiger partial charge in [0.05, 0.1) is 10.4 Å². The summed E-state index contributed by atoms with van der Waals surface area (Å²) in [6.45, 7) is 3.20. The van der Waals surface area contributed by atoms with E-state index < -0.39 is 0 Å². The molecule has 1 saturated carbocycles. The number of carbonyl (C=O) groups is 1. The quantitative estimate of drug-likeness (QED) is 0.877. The van der Waals surface area contributed by atoms with Gasteiger partial charge in [-0.3, -0.25) is 4.79 Å². The van der Waals surface area contributed by atoms with Crippen molar-refractivity contribution in [2.24, 2.45) is 11.1 Å². The Labute approximate surface area is 124 Å². The Balaban J connectivity index is 0.00000180. The predicted molar refractivity (Wildman–Crippen MR) is 80.7 cm³/mol. The summed E-state index contributed by atoms with van der Waals surface area (Å²) in [4.78, 5) is 16.5. The Bertz CT molecular complexity index is 391. The third kappa shape index (κ3) is 3.68. The second-order valence-corrected chi connectivity index (χ2v) is 6.10. The van der Waals surface area contributed by atoms with E-state index in [0.29, 0.717) is 13.1 Å². The van der Waals surface area contributed by atoms with Crippen LogP contribution in [0, 0.1) is 5.41 Å². The van der Waals surface area contributed by atoms with E-state index in [2.05, 4.69) is 17.2 Å². The number of amides is 1. The molecule has 0 aromatic carbocycles. The van der Waals surface area contributed by atoms with Gasteiger partial charge >= 0.3 is 0 Å². The predicted octanol–water partition coefficient (Wildman–Crippen LogP) is 2.30. The van der Waals surface area contributed by atoms with Gasteiger partial charge in [0, 0.05) is 30.6 Å². The normalized spacial score (nSPS) is 18.6. The zero-order chi connectivity index (χ0) is 13.0. The molecule has 1 aromatic rings. The molecule has 1 unspecified atom stereocenters. The standard InChI is InChI=1S/C13H21N3OS.ClH/c1-10(11-15-6-7-18-11)8-16-12(17)13(9-14)4-2-3-5-13;/h6-7,10H,2-5,8-9,14H2,1H3,(H,16,17);1H. The van der Waals surface area contributed by atoms with Crippen molar-refractivity contribution >= 4 is 29.7 Å². The molecule has 19 heavy (non-hydrogen) atoms. The van der Waals surface area contributed by atoms with E-state index in [-0.39, 0.29) is 29.6 Å². The van der Waals surface area contributed by atoms with Gasteiger partial charge in [0.1, 0.15) is 0 Å². The Morgan fingerprint density at radius 1 is 1.58 bits per heavy atom. The summed E-state index contributed by atoms with van der Waals surface area (Å²) in [5.41, 5.74) is 5.50. The van der Waals surface area contributed by atoms with Crippen LogP contribution in [0.25, 0.3) is 0 Å². The number of hydrogen-bond donors (Lipinski definition) is 2. The van der Waals surface area contributed by atoms with Gasteiger partial charge in [0.2, 0.25) is 5.91 Å². The number of rotatable bonds is 5. The van der Waals surface area contributed by atoms with Crippen molar-refractivity contribution in [3.8, 4) is 0 Å². The lowest BCUT2D eigenvalue weighted by atomic mass is 9.85. The van der Waals surface area contributed by atoms with Gasteiger partial charge in [0.25, 0.3) is 0 Å². The van der Waals surface area contributed by atoms with E-state index in [4.69, 9.17) is 5.73 Å². The smallest absolute Gasteiger partial charge is 0.227 e. The highest BCUT2D eigenvalue weighted by Gasteiger charge is 2.39. The van der Waals surface area contributed by atoms with E-state index >= 15 is 0 Å². The van der Waals surface area contributed by atoms with Gasteiger partial charge in [0.15, 0.2) is 0 Å². The first kappa shape index (κ1) is 16.4. The van der Waals surface area contributed by atoms with Crippen molar-refractivity contribution in [2.75, 3.05) is 13.1 Å². The molecule has 0 saturated heterocycles. The first-order chi connectivity index (χ1) is 8.68. The minimum atomic E-state index is -0.303. The molecule has 1 amide bonds. The van der Waals surface area contributed by atoms with Crippen LogP contribution in [-0.2, 0) is 4.79 Å². The van der Waals surface area contributed by atoms with Gasteiger partial charge in [-0.05, 0) is 12.8 Å². The maximum absolute atomic E-state index is 12.3. The topological polar surface area (TPSA) is 68.0 Å². The summed E-state index contributed by atoms with van der Waals surface area (Å²) in [7, 11) is 0. The van der Waals surface area contributed by atoms with Crippen molar-refractivity contribution < 1.29 is 4.79 Å². The van der Waals surface area contributed by atoms with E-state index in [1.54, 1.807) is 17.5 Å². The second kappa shape index (κ2) is 7.22. The zero-order valence-electron chi connectivity index (χ0n) is 11.2. The number of thiazole rings is 1. The monoisotopic (exact) mass is 303 g/mol.